The molecule has 30 heavy (non-hydrogen) atoms. The maximum atomic E-state index is 4.60. The van der Waals surface area contributed by atoms with Crippen molar-refractivity contribution in [3.05, 3.63) is 105 Å². The SMILES string of the molecule is Brc1ccc(/N=N/C2=C(/N=N/c3ccc(Br)cc3)c3cccc4cccc2c34)cc1. The van der Waals surface area contributed by atoms with E-state index in [-0.39, 0.29) is 0 Å². The van der Waals surface area contributed by atoms with Gasteiger partial charge >= 0.3 is 0 Å². The number of rotatable bonds is 4. The first-order chi connectivity index (χ1) is 14.7. The third-order valence-electron chi connectivity index (χ3n) is 4.82. The van der Waals surface area contributed by atoms with Crippen molar-refractivity contribution in [1.82, 2.24) is 0 Å². The second-order valence-electron chi connectivity index (χ2n) is 6.76. The van der Waals surface area contributed by atoms with Crippen LogP contribution in [-0.4, -0.2) is 0 Å². The molecule has 1 aliphatic rings. The largest absolute Gasteiger partial charge is 0.150 e. The molecule has 6 heteroatoms. The summed E-state index contributed by atoms with van der Waals surface area (Å²) < 4.78 is 2.00. The van der Waals surface area contributed by atoms with Gasteiger partial charge in [-0.25, -0.2) is 0 Å². The van der Waals surface area contributed by atoms with Gasteiger partial charge in [-0.05, 0) is 53.9 Å². The van der Waals surface area contributed by atoms with Crippen LogP contribution in [0.4, 0.5) is 11.4 Å². The standard InChI is InChI=1S/C24H14Br2N4/c25-16-7-11-18(12-8-16)27-29-23-20-5-1-3-15-4-2-6-21(22(15)20)24(23)30-28-19-13-9-17(26)10-14-19/h1-14H/b29-27+,30-28+. The Kier molecular flexibility index (Phi) is 5.11. The number of nitrogens with zero attached hydrogens (tertiary/aromatic N) is 4. The van der Waals surface area contributed by atoms with Crippen molar-refractivity contribution in [2.24, 2.45) is 20.5 Å². The number of halogens is 2. The van der Waals surface area contributed by atoms with Crippen LogP contribution in [0.15, 0.2) is 114 Å². The number of hydrogen-bond acceptors (Lipinski definition) is 4. The lowest BCUT2D eigenvalue weighted by atomic mass is 10.0. The van der Waals surface area contributed by atoms with Crippen molar-refractivity contribution in [2.45, 2.75) is 0 Å². The van der Waals surface area contributed by atoms with Crippen molar-refractivity contribution < 1.29 is 0 Å². The molecular weight excluding hydrogens is 504 g/mol. The van der Waals surface area contributed by atoms with E-state index >= 15 is 0 Å². The highest BCUT2D eigenvalue weighted by molar-refractivity contribution is 9.10. The second-order valence-corrected chi connectivity index (χ2v) is 8.59. The molecule has 5 rings (SSSR count). The summed E-state index contributed by atoms with van der Waals surface area (Å²) in [5.74, 6) is 0. The van der Waals surface area contributed by atoms with Crippen LogP contribution in [0.3, 0.4) is 0 Å². The van der Waals surface area contributed by atoms with Gasteiger partial charge < -0.3 is 0 Å². The van der Waals surface area contributed by atoms with Crippen molar-refractivity contribution in [2.75, 3.05) is 0 Å². The lowest BCUT2D eigenvalue weighted by Crippen LogP contribution is -1.79. The van der Waals surface area contributed by atoms with Crippen LogP contribution in [0.1, 0.15) is 11.1 Å². The van der Waals surface area contributed by atoms with Crippen molar-refractivity contribution in [3.8, 4) is 0 Å². The molecule has 0 heterocycles. The summed E-state index contributed by atoms with van der Waals surface area (Å²) >= 11 is 6.89. The van der Waals surface area contributed by atoms with E-state index in [9.17, 15) is 0 Å². The molecule has 1 aliphatic carbocycles. The third kappa shape index (κ3) is 3.64. The number of hydrogen-bond donors (Lipinski definition) is 0. The number of azo groups is 2. The van der Waals surface area contributed by atoms with Gasteiger partial charge in [-0.3, -0.25) is 0 Å². The molecule has 0 N–H and O–H groups in total. The summed E-state index contributed by atoms with van der Waals surface area (Å²) in [6.07, 6.45) is 0. The predicted octanol–water partition coefficient (Wildman–Crippen LogP) is 9.07. The Hall–Kier alpha value is -2.96. The van der Waals surface area contributed by atoms with E-state index in [0.717, 1.165) is 53.6 Å². The first-order valence-electron chi connectivity index (χ1n) is 9.30. The molecule has 0 saturated heterocycles. The van der Waals surface area contributed by atoms with Gasteiger partial charge in [0.15, 0.2) is 0 Å². The Balaban J connectivity index is 1.63. The van der Waals surface area contributed by atoms with E-state index in [1.807, 2.05) is 60.7 Å². The fourth-order valence-electron chi connectivity index (χ4n) is 3.42. The molecule has 4 aromatic rings. The molecule has 0 amide bonds. The highest BCUT2D eigenvalue weighted by Gasteiger charge is 2.24. The third-order valence-corrected chi connectivity index (χ3v) is 5.88. The van der Waals surface area contributed by atoms with Crippen molar-refractivity contribution in [1.29, 1.82) is 0 Å². The molecule has 0 spiro atoms. The molecule has 0 atom stereocenters. The topological polar surface area (TPSA) is 49.4 Å². The van der Waals surface area contributed by atoms with Crippen LogP contribution < -0.4 is 0 Å². The molecule has 4 aromatic carbocycles. The molecule has 0 saturated carbocycles. The summed E-state index contributed by atoms with van der Waals surface area (Å²) in [7, 11) is 0. The van der Waals surface area contributed by atoms with Gasteiger partial charge in [-0.2, -0.15) is 10.2 Å². The Morgan fingerprint density at radius 1 is 0.467 bits per heavy atom. The van der Waals surface area contributed by atoms with Crippen LogP contribution in [0.2, 0.25) is 0 Å². The maximum absolute atomic E-state index is 4.60. The lowest BCUT2D eigenvalue weighted by molar-refractivity contribution is 1.21. The molecule has 0 aliphatic heterocycles. The van der Waals surface area contributed by atoms with Crippen LogP contribution in [0.25, 0.3) is 22.2 Å². The molecule has 0 unspecified atom stereocenters. The average Bonchev–Trinajstić information content (AvgIpc) is 3.08. The molecular formula is C24H14Br2N4. The lowest BCUT2D eigenvalue weighted by Gasteiger charge is -2.01. The Morgan fingerprint density at radius 3 is 1.33 bits per heavy atom. The fraction of sp³-hybridized carbons (Fsp3) is 0. The van der Waals surface area contributed by atoms with E-state index < -0.39 is 0 Å². The first kappa shape index (κ1) is 19.0. The highest BCUT2D eigenvalue weighted by atomic mass is 79.9. The van der Waals surface area contributed by atoms with Crippen LogP contribution >= 0.6 is 31.9 Å². The van der Waals surface area contributed by atoms with Gasteiger partial charge in [0, 0.05) is 25.5 Å². The van der Waals surface area contributed by atoms with Crippen LogP contribution in [0.5, 0.6) is 0 Å². The molecule has 0 aromatic heterocycles. The van der Waals surface area contributed by atoms with E-state index in [4.69, 9.17) is 0 Å². The second kappa shape index (κ2) is 8.05. The minimum absolute atomic E-state index is 0.727. The van der Waals surface area contributed by atoms with E-state index in [1.165, 1.54) is 0 Å². The minimum atomic E-state index is 0.727. The minimum Gasteiger partial charge on any atom is -0.150 e. The fourth-order valence-corrected chi connectivity index (χ4v) is 3.95. The van der Waals surface area contributed by atoms with E-state index in [2.05, 4.69) is 76.6 Å². The van der Waals surface area contributed by atoms with Gasteiger partial charge in [0.25, 0.3) is 0 Å². The van der Waals surface area contributed by atoms with Crippen LogP contribution in [-0.2, 0) is 0 Å². The Labute approximate surface area is 190 Å². The zero-order valence-electron chi connectivity index (χ0n) is 15.6. The normalized spacial score (nSPS) is 13.3. The summed E-state index contributed by atoms with van der Waals surface area (Å²) in [4.78, 5) is 0. The average molecular weight is 518 g/mol. The summed E-state index contributed by atoms with van der Waals surface area (Å²) in [6, 6.07) is 27.8. The van der Waals surface area contributed by atoms with Gasteiger partial charge in [0.1, 0.15) is 11.4 Å². The summed E-state index contributed by atoms with van der Waals surface area (Å²) in [5.41, 5.74) is 5.05. The van der Waals surface area contributed by atoms with E-state index in [1.54, 1.807) is 0 Å². The summed E-state index contributed by atoms with van der Waals surface area (Å²) in [5, 5.41) is 20.4. The molecule has 4 nitrogen and oxygen atoms in total. The van der Waals surface area contributed by atoms with Gasteiger partial charge in [-0.15, -0.1) is 10.2 Å². The molecule has 0 radical (unpaired) electrons. The van der Waals surface area contributed by atoms with Crippen molar-refractivity contribution in [3.63, 3.8) is 0 Å². The maximum Gasteiger partial charge on any atom is 0.122 e. The molecule has 144 valence electrons. The molecule has 0 bridgehead atoms. The quantitative estimate of drug-likeness (QED) is 0.242. The van der Waals surface area contributed by atoms with Crippen molar-refractivity contribution >= 4 is 65.4 Å². The predicted molar refractivity (Wildman–Crippen MR) is 128 cm³/mol. The zero-order valence-corrected chi connectivity index (χ0v) is 18.8. The van der Waals surface area contributed by atoms with Gasteiger partial charge in [0.2, 0.25) is 0 Å². The van der Waals surface area contributed by atoms with Gasteiger partial charge in [-0.1, -0.05) is 68.3 Å². The Morgan fingerprint density at radius 2 is 0.900 bits per heavy atom. The summed E-state index contributed by atoms with van der Waals surface area (Å²) in [6.45, 7) is 0. The van der Waals surface area contributed by atoms with Crippen LogP contribution in [0, 0.1) is 0 Å². The zero-order chi connectivity index (χ0) is 20.5. The van der Waals surface area contributed by atoms with Gasteiger partial charge in [0.05, 0.1) is 11.4 Å². The van der Waals surface area contributed by atoms with E-state index in [0.29, 0.717) is 0 Å². The molecule has 0 fully saturated rings. The highest BCUT2D eigenvalue weighted by Crippen LogP contribution is 2.44. The number of benzene rings is 4. The monoisotopic (exact) mass is 516 g/mol. The first-order valence-corrected chi connectivity index (χ1v) is 10.9. The Bertz CT molecular complexity index is 1240. The smallest absolute Gasteiger partial charge is 0.122 e.